The maximum atomic E-state index is 14.0. The third-order valence-electron chi connectivity index (χ3n) is 4.99. The van der Waals surface area contributed by atoms with Gasteiger partial charge in [0.2, 0.25) is 10.0 Å². The van der Waals surface area contributed by atoms with Crippen molar-refractivity contribution in [1.82, 2.24) is 4.31 Å². The van der Waals surface area contributed by atoms with Gasteiger partial charge in [0, 0.05) is 6.42 Å². The SMILES string of the molecule is COC(=O)C1CC(Oc2ccccc2F)CN1S(=O)(=O)c1c(C)cc(C)cc1C. The van der Waals surface area contributed by atoms with Gasteiger partial charge in [-0.3, -0.25) is 4.79 Å². The Bertz CT molecular complexity index is 1010. The number of hydrogen-bond acceptors (Lipinski definition) is 5. The first-order valence-corrected chi connectivity index (χ1v) is 10.7. The highest BCUT2D eigenvalue weighted by Crippen LogP contribution is 2.33. The first-order chi connectivity index (χ1) is 13.6. The molecular formula is C21H24FNO5S. The van der Waals surface area contributed by atoms with E-state index < -0.39 is 34.0 Å². The number of carbonyl (C=O) groups excluding carboxylic acids is 1. The highest BCUT2D eigenvalue weighted by atomic mass is 32.2. The second-order valence-corrected chi connectivity index (χ2v) is 9.07. The van der Waals surface area contributed by atoms with Crippen molar-refractivity contribution in [2.45, 2.75) is 44.2 Å². The van der Waals surface area contributed by atoms with E-state index >= 15 is 0 Å². The maximum Gasteiger partial charge on any atom is 0.324 e. The molecule has 29 heavy (non-hydrogen) atoms. The largest absolute Gasteiger partial charge is 0.486 e. The number of carbonyl (C=O) groups is 1. The van der Waals surface area contributed by atoms with Gasteiger partial charge in [0.05, 0.1) is 18.6 Å². The summed E-state index contributed by atoms with van der Waals surface area (Å²) in [6, 6.07) is 8.42. The van der Waals surface area contributed by atoms with Crippen molar-refractivity contribution in [3.63, 3.8) is 0 Å². The molecule has 0 radical (unpaired) electrons. The van der Waals surface area contributed by atoms with Crippen LogP contribution >= 0.6 is 0 Å². The lowest BCUT2D eigenvalue weighted by Gasteiger charge is -2.24. The average molecular weight is 421 g/mol. The van der Waals surface area contributed by atoms with Crippen molar-refractivity contribution in [2.24, 2.45) is 0 Å². The lowest BCUT2D eigenvalue weighted by atomic mass is 10.1. The Hall–Kier alpha value is -2.45. The van der Waals surface area contributed by atoms with Gasteiger partial charge < -0.3 is 9.47 Å². The molecule has 1 aliphatic rings. The van der Waals surface area contributed by atoms with Crippen LogP contribution in [0.5, 0.6) is 5.75 Å². The molecule has 0 N–H and O–H groups in total. The van der Waals surface area contributed by atoms with Gasteiger partial charge in [0.25, 0.3) is 0 Å². The third-order valence-corrected chi connectivity index (χ3v) is 7.17. The van der Waals surface area contributed by atoms with Crippen molar-refractivity contribution in [2.75, 3.05) is 13.7 Å². The fourth-order valence-electron chi connectivity index (χ4n) is 3.88. The van der Waals surface area contributed by atoms with E-state index in [9.17, 15) is 17.6 Å². The minimum Gasteiger partial charge on any atom is -0.486 e. The van der Waals surface area contributed by atoms with Crippen LogP contribution in [0.25, 0.3) is 0 Å². The predicted molar refractivity (Wildman–Crippen MR) is 106 cm³/mol. The summed E-state index contributed by atoms with van der Waals surface area (Å²) in [4.78, 5) is 12.5. The quantitative estimate of drug-likeness (QED) is 0.694. The zero-order chi connectivity index (χ0) is 21.3. The van der Waals surface area contributed by atoms with Gasteiger partial charge in [-0.15, -0.1) is 0 Å². The highest BCUT2D eigenvalue weighted by molar-refractivity contribution is 7.89. The predicted octanol–water partition coefficient (Wildman–Crippen LogP) is 3.13. The standard InChI is InChI=1S/C21H24FNO5S/c1-13-9-14(2)20(15(3)10-13)29(25,26)23-12-16(11-18(23)21(24)27-4)28-19-8-6-5-7-17(19)22/h5-10,16,18H,11-12H2,1-4H3. The fraction of sp³-hybridized carbons (Fsp3) is 0.381. The Labute approximate surface area is 170 Å². The topological polar surface area (TPSA) is 72.9 Å². The van der Waals surface area contributed by atoms with E-state index in [2.05, 4.69) is 0 Å². The molecule has 0 saturated carbocycles. The Morgan fingerprint density at radius 1 is 1.14 bits per heavy atom. The number of rotatable bonds is 5. The number of hydrogen-bond donors (Lipinski definition) is 0. The summed E-state index contributed by atoms with van der Waals surface area (Å²) in [5.74, 6) is -1.20. The van der Waals surface area contributed by atoms with Gasteiger partial charge in [-0.2, -0.15) is 4.31 Å². The number of methoxy groups -OCH3 is 1. The summed E-state index contributed by atoms with van der Waals surface area (Å²) in [5.41, 5.74) is 2.15. The molecule has 3 rings (SSSR count). The zero-order valence-electron chi connectivity index (χ0n) is 16.8. The van der Waals surface area contributed by atoms with E-state index in [0.717, 1.165) is 9.87 Å². The number of aryl methyl sites for hydroxylation is 3. The molecule has 0 amide bonds. The van der Waals surface area contributed by atoms with Gasteiger partial charge in [0.1, 0.15) is 12.1 Å². The molecule has 2 unspecified atom stereocenters. The highest BCUT2D eigenvalue weighted by Gasteiger charge is 2.46. The van der Waals surface area contributed by atoms with Crippen LogP contribution in [0.15, 0.2) is 41.3 Å². The number of nitrogens with zero attached hydrogens (tertiary/aromatic N) is 1. The number of benzene rings is 2. The van der Waals surface area contributed by atoms with E-state index in [4.69, 9.17) is 9.47 Å². The lowest BCUT2D eigenvalue weighted by molar-refractivity contribution is -0.144. The third kappa shape index (κ3) is 4.13. The van der Waals surface area contributed by atoms with Crippen LogP contribution < -0.4 is 4.74 Å². The molecule has 1 fully saturated rings. The number of para-hydroxylation sites is 1. The van der Waals surface area contributed by atoms with Crippen molar-refractivity contribution in [3.05, 3.63) is 58.9 Å². The van der Waals surface area contributed by atoms with Crippen LogP contribution in [-0.4, -0.2) is 44.5 Å². The molecule has 0 aliphatic carbocycles. The minimum absolute atomic E-state index is 0.0167. The maximum absolute atomic E-state index is 14.0. The molecule has 2 atom stereocenters. The van der Waals surface area contributed by atoms with Gasteiger partial charge in [0.15, 0.2) is 11.6 Å². The number of esters is 1. The Morgan fingerprint density at radius 2 is 1.76 bits per heavy atom. The average Bonchev–Trinajstić information content (AvgIpc) is 3.06. The van der Waals surface area contributed by atoms with Gasteiger partial charge >= 0.3 is 5.97 Å². The van der Waals surface area contributed by atoms with Crippen molar-refractivity contribution < 1.29 is 27.1 Å². The second kappa shape index (κ2) is 8.12. The Morgan fingerprint density at radius 3 is 2.34 bits per heavy atom. The van der Waals surface area contributed by atoms with Crippen molar-refractivity contribution in [1.29, 1.82) is 0 Å². The summed E-state index contributed by atoms with van der Waals surface area (Å²) < 4.78 is 52.5. The lowest BCUT2D eigenvalue weighted by Crippen LogP contribution is -2.41. The molecule has 2 aromatic carbocycles. The Balaban J connectivity index is 1.97. The molecule has 6 nitrogen and oxygen atoms in total. The summed E-state index contributed by atoms with van der Waals surface area (Å²) in [6.45, 7) is 5.26. The molecule has 0 spiro atoms. The number of ether oxygens (including phenoxy) is 2. The van der Waals surface area contributed by atoms with Crippen LogP contribution in [0.1, 0.15) is 23.1 Å². The van der Waals surface area contributed by atoms with Crippen LogP contribution in [-0.2, 0) is 19.6 Å². The molecule has 1 saturated heterocycles. The summed E-state index contributed by atoms with van der Waals surface area (Å²) in [6.07, 6.45) is -0.610. The smallest absolute Gasteiger partial charge is 0.324 e. The fourth-order valence-corrected chi connectivity index (χ4v) is 5.92. The minimum atomic E-state index is -4.00. The second-order valence-electron chi connectivity index (χ2n) is 7.25. The summed E-state index contributed by atoms with van der Waals surface area (Å²) >= 11 is 0. The number of sulfonamides is 1. The van der Waals surface area contributed by atoms with Crippen LogP contribution in [0.2, 0.25) is 0 Å². The van der Waals surface area contributed by atoms with E-state index in [0.29, 0.717) is 11.1 Å². The summed E-state index contributed by atoms with van der Waals surface area (Å²) in [7, 11) is -2.79. The van der Waals surface area contributed by atoms with Crippen molar-refractivity contribution in [3.8, 4) is 5.75 Å². The molecule has 156 valence electrons. The zero-order valence-corrected chi connectivity index (χ0v) is 17.6. The van der Waals surface area contributed by atoms with Gasteiger partial charge in [-0.1, -0.05) is 29.8 Å². The van der Waals surface area contributed by atoms with Crippen LogP contribution in [0, 0.1) is 26.6 Å². The van der Waals surface area contributed by atoms with Gasteiger partial charge in [-0.05, 0) is 44.0 Å². The van der Waals surface area contributed by atoms with Crippen LogP contribution in [0.4, 0.5) is 4.39 Å². The van der Waals surface area contributed by atoms with Crippen molar-refractivity contribution >= 4 is 16.0 Å². The molecule has 8 heteroatoms. The van der Waals surface area contributed by atoms with E-state index in [1.54, 1.807) is 32.0 Å². The normalized spacial score (nSPS) is 19.9. The first kappa shape index (κ1) is 21.3. The molecule has 0 bridgehead atoms. The molecule has 2 aromatic rings. The van der Waals surface area contributed by atoms with Gasteiger partial charge in [-0.25, -0.2) is 12.8 Å². The monoisotopic (exact) mass is 421 g/mol. The molecule has 1 heterocycles. The first-order valence-electron chi connectivity index (χ1n) is 9.24. The Kier molecular flexibility index (Phi) is 5.95. The molecule has 1 aliphatic heterocycles. The molecule has 0 aromatic heterocycles. The van der Waals surface area contributed by atoms with E-state index in [1.807, 2.05) is 6.92 Å². The van der Waals surface area contributed by atoms with E-state index in [-0.39, 0.29) is 23.6 Å². The number of halogens is 1. The van der Waals surface area contributed by atoms with E-state index in [1.165, 1.54) is 25.3 Å². The van der Waals surface area contributed by atoms with Crippen LogP contribution in [0.3, 0.4) is 0 Å². The summed E-state index contributed by atoms with van der Waals surface area (Å²) in [5, 5.41) is 0. The molecular weight excluding hydrogens is 397 g/mol.